The molecule has 1 amide bonds. The lowest BCUT2D eigenvalue weighted by molar-refractivity contribution is -0.116. The fourth-order valence-corrected chi connectivity index (χ4v) is 1.54. The summed E-state index contributed by atoms with van der Waals surface area (Å²) in [6, 6.07) is 4.15. The molecule has 0 bridgehead atoms. The first-order valence-corrected chi connectivity index (χ1v) is 6.44. The Morgan fingerprint density at radius 2 is 2.30 bits per heavy atom. The van der Waals surface area contributed by atoms with Crippen molar-refractivity contribution in [3.63, 3.8) is 0 Å². The summed E-state index contributed by atoms with van der Waals surface area (Å²) in [4.78, 5) is 11.6. The van der Waals surface area contributed by atoms with Gasteiger partial charge in [-0.15, -0.1) is 0 Å². The third-order valence-electron chi connectivity index (χ3n) is 2.45. The molecule has 0 heterocycles. The number of aliphatic hydroxyl groups is 1. The second-order valence-electron chi connectivity index (χ2n) is 4.00. The molecule has 0 aliphatic carbocycles. The van der Waals surface area contributed by atoms with E-state index in [0.29, 0.717) is 31.7 Å². The van der Waals surface area contributed by atoms with Crippen molar-refractivity contribution in [2.24, 2.45) is 0 Å². The fraction of sp³-hybridized carbons (Fsp3) is 0.400. The molecule has 0 aliphatic rings. The number of carbonyl (C=O) groups excluding carboxylic acids is 1. The zero-order valence-electron chi connectivity index (χ0n) is 11.4. The summed E-state index contributed by atoms with van der Waals surface area (Å²) >= 11 is 0. The summed E-state index contributed by atoms with van der Waals surface area (Å²) in [5.41, 5.74) is 0.626. The number of hydrogen-bond donors (Lipinski definition) is 2. The van der Waals surface area contributed by atoms with E-state index < -0.39 is 5.82 Å². The number of rotatable bonds is 6. The van der Waals surface area contributed by atoms with Gasteiger partial charge in [0.2, 0.25) is 5.91 Å². The molecule has 0 atom stereocenters. The van der Waals surface area contributed by atoms with Crippen LogP contribution < -0.4 is 5.32 Å². The van der Waals surface area contributed by atoms with Crippen molar-refractivity contribution < 1.29 is 19.0 Å². The molecule has 1 rings (SSSR count). The summed E-state index contributed by atoms with van der Waals surface area (Å²) in [5, 5.41) is 11.3. The van der Waals surface area contributed by atoms with Crippen molar-refractivity contribution in [3.05, 3.63) is 29.6 Å². The third-order valence-corrected chi connectivity index (χ3v) is 2.45. The number of halogens is 1. The monoisotopic (exact) mass is 279 g/mol. The van der Waals surface area contributed by atoms with Gasteiger partial charge in [0.15, 0.2) is 0 Å². The molecule has 0 radical (unpaired) electrons. The molecule has 20 heavy (non-hydrogen) atoms. The zero-order chi connectivity index (χ0) is 14.8. The maximum Gasteiger partial charge on any atom is 0.224 e. The predicted octanol–water partition coefficient (Wildman–Crippen LogP) is 1.92. The van der Waals surface area contributed by atoms with Crippen molar-refractivity contribution in [1.29, 1.82) is 0 Å². The van der Waals surface area contributed by atoms with Gasteiger partial charge in [-0.25, -0.2) is 4.39 Å². The van der Waals surface area contributed by atoms with Crippen LogP contribution in [0.25, 0.3) is 0 Å². The molecule has 0 saturated carbocycles. The molecule has 108 valence electrons. The largest absolute Gasteiger partial charge is 0.384 e. The Labute approximate surface area is 117 Å². The van der Waals surface area contributed by atoms with E-state index in [1.165, 1.54) is 18.2 Å². The highest BCUT2D eigenvalue weighted by Crippen LogP contribution is 2.14. The molecule has 0 spiro atoms. The lowest BCUT2D eigenvalue weighted by Gasteiger charge is -2.06. The fourth-order valence-electron chi connectivity index (χ4n) is 1.54. The SMILES string of the molecule is CCOCCCC(=O)Nc1ccc(F)c(C#CCO)c1. The van der Waals surface area contributed by atoms with Gasteiger partial charge in [-0.3, -0.25) is 4.79 Å². The zero-order valence-corrected chi connectivity index (χ0v) is 11.4. The topological polar surface area (TPSA) is 58.6 Å². The van der Waals surface area contributed by atoms with E-state index in [-0.39, 0.29) is 18.1 Å². The van der Waals surface area contributed by atoms with Crippen molar-refractivity contribution in [1.82, 2.24) is 0 Å². The number of anilines is 1. The van der Waals surface area contributed by atoms with E-state index in [9.17, 15) is 9.18 Å². The maximum absolute atomic E-state index is 13.4. The molecule has 4 nitrogen and oxygen atoms in total. The van der Waals surface area contributed by atoms with Gasteiger partial charge < -0.3 is 15.2 Å². The van der Waals surface area contributed by atoms with Gasteiger partial charge in [0.25, 0.3) is 0 Å². The van der Waals surface area contributed by atoms with Crippen LogP contribution in [-0.4, -0.2) is 30.8 Å². The van der Waals surface area contributed by atoms with Crippen LogP contribution in [-0.2, 0) is 9.53 Å². The highest BCUT2D eigenvalue weighted by molar-refractivity contribution is 5.90. The average molecular weight is 279 g/mol. The highest BCUT2D eigenvalue weighted by Gasteiger charge is 2.05. The smallest absolute Gasteiger partial charge is 0.224 e. The molecule has 0 aromatic heterocycles. The molecule has 0 fully saturated rings. The molecule has 2 N–H and O–H groups in total. The van der Waals surface area contributed by atoms with E-state index in [2.05, 4.69) is 17.2 Å². The number of aliphatic hydroxyl groups excluding tert-OH is 1. The van der Waals surface area contributed by atoms with Crippen LogP contribution in [0.15, 0.2) is 18.2 Å². The van der Waals surface area contributed by atoms with Crippen molar-refractivity contribution in [2.45, 2.75) is 19.8 Å². The quantitative estimate of drug-likeness (QED) is 0.618. The minimum atomic E-state index is -0.486. The number of hydrogen-bond acceptors (Lipinski definition) is 3. The van der Waals surface area contributed by atoms with E-state index in [1.54, 1.807) is 0 Å². The van der Waals surface area contributed by atoms with Crippen LogP contribution in [0.2, 0.25) is 0 Å². The summed E-state index contributed by atoms with van der Waals surface area (Å²) in [7, 11) is 0. The van der Waals surface area contributed by atoms with Gasteiger partial charge >= 0.3 is 0 Å². The van der Waals surface area contributed by atoms with Gasteiger partial charge in [0.05, 0.1) is 5.56 Å². The normalized spacial score (nSPS) is 9.75. The summed E-state index contributed by atoms with van der Waals surface area (Å²) in [5.74, 6) is 4.22. The van der Waals surface area contributed by atoms with Crippen molar-refractivity contribution in [3.8, 4) is 11.8 Å². The Balaban J connectivity index is 2.57. The summed E-state index contributed by atoms with van der Waals surface area (Å²) in [6.45, 7) is 2.73. The predicted molar refractivity (Wildman–Crippen MR) is 74.7 cm³/mol. The van der Waals surface area contributed by atoms with E-state index in [0.717, 1.165) is 0 Å². The Bertz CT molecular complexity index is 506. The van der Waals surface area contributed by atoms with Crippen LogP contribution in [0.5, 0.6) is 0 Å². The third kappa shape index (κ3) is 5.83. The van der Waals surface area contributed by atoms with Gasteiger partial charge in [-0.2, -0.15) is 0 Å². The first-order chi connectivity index (χ1) is 9.67. The van der Waals surface area contributed by atoms with Crippen molar-refractivity contribution in [2.75, 3.05) is 25.1 Å². The van der Waals surface area contributed by atoms with E-state index in [1.807, 2.05) is 6.92 Å². The Morgan fingerprint density at radius 3 is 3.00 bits per heavy atom. The maximum atomic E-state index is 13.4. The molecular weight excluding hydrogens is 261 g/mol. The number of benzene rings is 1. The van der Waals surface area contributed by atoms with E-state index in [4.69, 9.17) is 9.84 Å². The molecule has 0 aliphatic heterocycles. The van der Waals surface area contributed by atoms with Crippen LogP contribution >= 0.6 is 0 Å². The van der Waals surface area contributed by atoms with Gasteiger partial charge in [0, 0.05) is 25.3 Å². The number of amides is 1. The van der Waals surface area contributed by atoms with Gasteiger partial charge in [-0.05, 0) is 31.5 Å². The molecular formula is C15H18FNO3. The molecule has 0 unspecified atom stereocenters. The Morgan fingerprint density at radius 1 is 1.50 bits per heavy atom. The van der Waals surface area contributed by atoms with Crippen LogP contribution in [0.3, 0.4) is 0 Å². The number of carbonyl (C=O) groups is 1. The minimum absolute atomic E-state index is 0.145. The lowest BCUT2D eigenvalue weighted by atomic mass is 10.2. The molecule has 1 aromatic rings. The lowest BCUT2D eigenvalue weighted by Crippen LogP contribution is -2.12. The van der Waals surface area contributed by atoms with Gasteiger partial charge in [0.1, 0.15) is 12.4 Å². The molecule has 5 heteroatoms. The van der Waals surface area contributed by atoms with Crippen LogP contribution in [0.4, 0.5) is 10.1 Å². The Kier molecular flexibility index (Phi) is 7.33. The highest BCUT2D eigenvalue weighted by atomic mass is 19.1. The summed E-state index contributed by atoms with van der Waals surface area (Å²) < 4.78 is 18.5. The van der Waals surface area contributed by atoms with Crippen LogP contribution in [0.1, 0.15) is 25.3 Å². The molecule has 1 aromatic carbocycles. The minimum Gasteiger partial charge on any atom is -0.384 e. The van der Waals surface area contributed by atoms with Gasteiger partial charge in [-0.1, -0.05) is 11.8 Å². The Hall–Kier alpha value is -1.90. The number of nitrogens with one attached hydrogen (secondary N) is 1. The second kappa shape index (κ2) is 9.08. The van der Waals surface area contributed by atoms with E-state index >= 15 is 0 Å². The standard InChI is InChI=1S/C15H18FNO3/c1-2-20-10-4-6-15(19)17-13-7-8-14(16)12(11-13)5-3-9-18/h7-8,11,18H,2,4,6,9-10H2,1H3,(H,17,19). The summed E-state index contributed by atoms with van der Waals surface area (Å²) in [6.07, 6.45) is 0.979. The van der Waals surface area contributed by atoms with Crippen LogP contribution in [0, 0.1) is 17.7 Å². The molecule has 0 saturated heterocycles. The van der Waals surface area contributed by atoms with Crippen molar-refractivity contribution >= 4 is 11.6 Å². The first-order valence-electron chi connectivity index (χ1n) is 6.44. The second-order valence-corrected chi connectivity index (χ2v) is 4.00. The first kappa shape index (κ1) is 16.2. The number of ether oxygens (including phenoxy) is 1. The average Bonchev–Trinajstić information content (AvgIpc) is 2.44.